The number of carbonyl (C=O) groups is 2. The first kappa shape index (κ1) is 27.7. The molecule has 2 amide bonds. The van der Waals surface area contributed by atoms with Gasteiger partial charge in [-0.1, -0.05) is 20.8 Å². The van der Waals surface area contributed by atoms with Gasteiger partial charge < -0.3 is 30.8 Å². The molecule has 0 aliphatic heterocycles. The van der Waals surface area contributed by atoms with E-state index in [1.807, 2.05) is 27.7 Å². The van der Waals surface area contributed by atoms with Crippen molar-refractivity contribution < 1.29 is 19.1 Å². The highest BCUT2D eigenvalue weighted by Crippen LogP contribution is 2.50. The van der Waals surface area contributed by atoms with Crippen LogP contribution in [0.1, 0.15) is 74.1 Å². The second kappa shape index (κ2) is 11.3. The van der Waals surface area contributed by atoms with Gasteiger partial charge in [0.05, 0.1) is 18.8 Å². The maximum atomic E-state index is 13.3. The Kier molecular flexibility index (Phi) is 9.20. The minimum Gasteiger partial charge on any atom is -0.476 e. The van der Waals surface area contributed by atoms with E-state index < -0.39 is 11.6 Å². The van der Waals surface area contributed by atoms with Gasteiger partial charge in [0.15, 0.2) is 0 Å². The quantitative estimate of drug-likeness (QED) is 0.223. The molecule has 8 nitrogen and oxygen atoms in total. The lowest BCUT2D eigenvalue weighted by Gasteiger charge is -2.50. The minimum absolute atomic E-state index is 0.0808. The predicted molar refractivity (Wildman–Crippen MR) is 134 cm³/mol. The zero-order valence-corrected chi connectivity index (χ0v) is 22.1. The van der Waals surface area contributed by atoms with Crippen molar-refractivity contribution in [1.29, 1.82) is 5.41 Å². The van der Waals surface area contributed by atoms with E-state index in [-0.39, 0.29) is 29.5 Å². The zero-order valence-electron chi connectivity index (χ0n) is 22.1. The molecule has 4 atom stereocenters. The number of nitrogens with one attached hydrogen (secondary N) is 4. The lowest BCUT2D eigenvalue weighted by molar-refractivity contribution is -0.119. The molecule has 4 N–H and O–H groups in total. The molecule has 2 aliphatic carbocycles. The number of amides is 2. The van der Waals surface area contributed by atoms with Crippen molar-refractivity contribution in [3.8, 4) is 0 Å². The van der Waals surface area contributed by atoms with E-state index in [4.69, 9.17) is 10.1 Å². The van der Waals surface area contributed by atoms with Crippen LogP contribution in [0.25, 0.3) is 0 Å². The maximum absolute atomic E-state index is 13.3. The molecule has 2 fully saturated rings. The third-order valence-corrected chi connectivity index (χ3v) is 6.73. The van der Waals surface area contributed by atoms with Crippen molar-refractivity contribution in [1.82, 2.24) is 16.0 Å². The smallest absolute Gasteiger partial charge is 0.407 e. The number of fused-ring (bicyclic) bond motifs is 2. The lowest BCUT2D eigenvalue weighted by Crippen LogP contribution is -2.52. The molecule has 0 spiro atoms. The molecule has 2 bridgehead atoms. The SMILES string of the molecule is COC(=O)NC(C)(C)/C=C/N/C(OC(C)C)=C(\C=N)C(=O)NC1C(C)CC2CC1CC(C)(C)C2. The summed E-state index contributed by atoms with van der Waals surface area (Å²) in [6.07, 6.45) is 8.24. The standard InChI is InChI=1S/C26H44N4O4/c1-16(2)34-23(28-10-9-26(6,7)30-24(32)33-8)20(15-27)22(31)29-21-17(3)11-18-12-19(21)14-25(4,5)13-18/h9-10,15-19,21,27-28H,11-14H2,1-8H3,(H,29,31)(H,30,32)/b10-9+,23-20-,27-15?. The number of hydrogen-bond donors (Lipinski definition) is 4. The highest BCUT2D eigenvalue weighted by Gasteiger charge is 2.44. The van der Waals surface area contributed by atoms with Crippen LogP contribution in [0.4, 0.5) is 4.79 Å². The van der Waals surface area contributed by atoms with Gasteiger partial charge >= 0.3 is 6.09 Å². The second-order valence-corrected chi connectivity index (χ2v) is 11.5. The average molecular weight is 477 g/mol. The van der Waals surface area contributed by atoms with Crippen LogP contribution in [-0.2, 0) is 14.3 Å². The van der Waals surface area contributed by atoms with Crippen LogP contribution in [0.2, 0.25) is 0 Å². The Labute approximate surface area is 204 Å². The molecular weight excluding hydrogens is 432 g/mol. The number of alkyl carbamates (subject to hydrolysis) is 1. The molecule has 192 valence electrons. The summed E-state index contributed by atoms with van der Waals surface area (Å²) in [6.45, 7) is 14.2. The Bertz CT molecular complexity index is 814. The van der Waals surface area contributed by atoms with Crippen molar-refractivity contribution in [2.75, 3.05) is 7.11 Å². The number of ether oxygens (including phenoxy) is 2. The Morgan fingerprint density at radius 1 is 1.18 bits per heavy atom. The zero-order chi connectivity index (χ0) is 25.7. The molecule has 0 heterocycles. The summed E-state index contributed by atoms with van der Waals surface area (Å²) in [5.41, 5.74) is -0.264. The number of carbonyl (C=O) groups excluding carboxylic acids is 2. The Morgan fingerprint density at radius 3 is 2.44 bits per heavy atom. The molecule has 0 aromatic carbocycles. The second-order valence-electron chi connectivity index (χ2n) is 11.5. The van der Waals surface area contributed by atoms with E-state index in [9.17, 15) is 9.59 Å². The van der Waals surface area contributed by atoms with Gasteiger partial charge in [0.1, 0.15) is 5.57 Å². The highest BCUT2D eigenvalue weighted by molar-refractivity contribution is 6.11. The average Bonchev–Trinajstić information content (AvgIpc) is 2.69. The van der Waals surface area contributed by atoms with E-state index in [0.29, 0.717) is 17.3 Å². The van der Waals surface area contributed by atoms with Gasteiger partial charge in [0.25, 0.3) is 5.91 Å². The molecule has 4 unspecified atom stereocenters. The number of rotatable bonds is 9. The van der Waals surface area contributed by atoms with E-state index in [0.717, 1.165) is 31.4 Å². The highest BCUT2D eigenvalue weighted by atomic mass is 16.5. The minimum atomic E-state index is -0.696. The van der Waals surface area contributed by atoms with Crippen LogP contribution in [0.5, 0.6) is 0 Å². The van der Waals surface area contributed by atoms with E-state index in [1.54, 1.807) is 12.3 Å². The van der Waals surface area contributed by atoms with Crippen molar-refractivity contribution in [3.05, 3.63) is 23.7 Å². The summed E-state index contributed by atoms with van der Waals surface area (Å²) >= 11 is 0. The molecule has 2 saturated carbocycles. The third-order valence-electron chi connectivity index (χ3n) is 6.73. The molecule has 2 aliphatic rings. The summed E-state index contributed by atoms with van der Waals surface area (Å²) in [5.74, 6) is 1.46. The fraction of sp³-hybridized carbons (Fsp3) is 0.731. The van der Waals surface area contributed by atoms with Crippen LogP contribution < -0.4 is 16.0 Å². The van der Waals surface area contributed by atoms with E-state index in [1.165, 1.54) is 13.5 Å². The predicted octanol–water partition coefficient (Wildman–Crippen LogP) is 4.48. The Hall–Kier alpha value is -2.51. The van der Waals surface area contributed by atoms with Crippen molar-refractivity contribution in [3.63, 3.8) is 0 Å². The van der Waals surface area contributed by atoms with Crippen LogP contribution in [0.15, 0.2) is 23.7 Å². The molecular formula is C26H44N4O4. The first-order chi connectivity index (χ1) is 15.8. The Balaban J connectivity index is 2.21. The van der Waals surface area contributed by atoms with Gasteiger partial charge in [-0.2, -0.15) is 0 Å². The van der Waals surface area contributed by atoms with Gasteiger partial charge in [-0.15, -0.1) is 0 Å². The van der Waals surface area contributed by atoms with Crippen LogP contribution in [0, 0.1) is 28.6 Å². The third kappa shape index (κ3) is 7.77. The lowest BCUT2D eigenvalue weighted by atomic mass is 9.58. The number of methoxy groups -OCH3 is 1. The molecule has 34 heavy (non-hydrogen) atoms. The van der Waals surface area contributed by atoms with Gasteiger partial charge in [-0.25, -0.2) is 4.79 Å². The van der Waals surface area contributed by atoms with Crippen LogP contribution in [-0.4, -0.2) is 43.0 Å². The van der Waals surface area contributed by atoms with E-state index >= 15 is 0 Å². The van der Waals surface area contributed by atoms with Crippen LogP contribution in [0.3, 0.4) is 0 Å². The largest absolute Gasteiger partial charge is 0.476 e. The van der Waals surface area contributed by atoms with Gasteiger partial charge in [-0.05, 0) is 82.6 Å². The monoisotopic (exact) mass is 476 g/mol. The fourth-order valence-corrected chi connectivity index (χ4v) is 5.58. The van der Waals surface area contributed by atoms with Gasteiger partial charge in [0.2, 0.25) is 5.88 Å². The Morgan fingerprint density at radius 2 is 1.85 bits per heavy atom. The van der Waals surface area contributed by atoms with E-state index in [2.05, 4.69) is 41.5 Å². The van der Waals surface area contributed by atoms with Crippen molar-refractivity contribution in [2.45, 2.75) is 91.8 Å². The summed E-state index contributed by atoms with van der Waals surface area (Å²) in [4.78, 5) is 24.9. The fourth-order valence-electron chi connectivity index (χ4n) is 5.58. The van der Waals surface area contributed by atoms with Gasteiger partial charge in [-0.3, -0.25) is 4.79 Å². The van der Waals surface area contributed by atoms with Crippen molar-refractivity contribution >= 4 is 18.2 Å². The first-order valence-electron chi connectivity index (χ1n) is 12.3. The molecule has 0 saturated heterocycles. The normalized spacial score (nSPS) is 27.0. The van der Waals surface area contributed by atoms with Gasteiger partial charge in [0, 0.05) is 18.5 Å². The summed E-state index contributed by atoms with van der Waals surface area (Å²) in [5, 5.41) is 16.9. The molecule has 0 radical (unpaired) electrons. The van der Waals surface area contributed by atoms with Crippen LogP contribution >= 0.6 is 0 Å². The molecule has 0 aromatic rings. The topological polar surface area (TPSA) is 113 Å². The number of hydrogen-bond acceptors (Lipinski definition) is 6. The summed E-state index contributed by atoms with van der Waals surface area (Å²) in [7, 11) is 1.31. The molecule has 8 heteroatoms. The molecule has 2 rings (SSSR count). The first-order valence-corrected chi connectivity index (χ1v) is 12.3. The molecule has 0 aromatic heterocycles. The summed E-state index contributed by atoms with van der Waals surface area (Å²) < 4.78 is 10.5. The maximum Gasteiger partial charge on any atom is 0.407 e. The summed E-state index contributed by atoms with van der Waals surface area (Å²) in [6, 6.07) is 0.0808. The van der Waals surface area contributed by atoms with Crippen molar-refractivity contribution in [2.24, 2.45) is 23.2 Å².